The summed E-state index contributed by atoms with van der Waals surface area (Å²) >= 11 is 0. The Labute approximate surface area is 136 Å². The molecule has 0 nitrogen and oxygen atoms in total. The van der Waals surface area contributed by atoms with Gasteiger partial charge in [0.05, 0.1) is 0 Å². The maximum absolute atomic E-state index is 2.24. The number of benzene rings is 2. The van der Waals surface area contributed by atoms with Gasteiger partial charge in [-0.15, -0.1) is 0 Å². The van der Waals surface area contributed by atoms with Crippen molar-refractivity contribution in [2.24, 2.45) is 0 Å². The first-order chi connectivity index (χ1) is 10.6. The zero-order chi connectivity index (χ0) is 15.9. The molecule has 118 valence electrons. The standard InChI is InChI=1S/C22H30/c1-17-11-9-12-18(2)21(17)15-7-5-6-8-16-22-19(3)13-10-14-20(22)4/h9-14H,5-8,15-16H2,1-4H3. The van der Waals surface area contributed by atoms with Gasteiger partial charge in [0.1, 0.15) is 0 Å². The summed E-state index contributed by atoms with van der Waals surface area (Å²) < 4.78 is 0. The number of unbranched alkanes of at least 4 members (excludes halogenated alkanes) is 3. The summed E-state index contributed by atoms with van der Waals surface area (Å²) in [5.41, 5.74) is 8.95. The molecule has 0 heterocycles. The topological polar surface area (TPSA) is 0 Å². The van der Waals surface area contributed by atoms with Crippen LogP contribution in [0.25, 0.3) is 0 Å². The molecule has 0 aliphatic rings. The first kappa shape index (κ1) is 16.8. The largest absolute Gasteiger partial charge is 0.0617 e. The molecule has 2 aromatic rings. The molecule has 22 heavy (non-hydrogen) atoms. The molecule has 0 amide bonds. The van der Waals surface area contributed by atoms with Crippen LogP contribution in [-0.2, 0) is 12.8 Å². The lowest BCUT2D eigenvalue weighted by molar-refractivity contribution is 0.637. The zero-order valence-corrected chi connectivity index (χ0v) is 14.7. The van der Waals surface area contributed by atoms with Crippen LogP contribution in [0.3, 0.4) is 0 Å². The second kappa shape index (κ2) is 8.17. The lowest BCUT2D eigenvalue weighted by atomic mass is 9.95. The van der Waals surface area contributed by atoms with Gasteiger partial charge >= 0.3 is 0 Å². The van der Waals surface area contributed by atoms with Crippen molar-refractivity contribution in [1.82, 2.24) is 0 Å². The molecule has 0 radical (unpaired) electrons. The van der Waals surface area contributed by atoms with Crippen molar-refractivity contribution in [3.63, 3.8) is 0 Å². The molecule has 2 rings (SSSR count). The van der Waals surface area contributed by atoms with E-state index < -0.39 is 0 Å². The minimum atomic E-state index is 1.24. The summed E-state index contributed by atoms with van der Waals surface area (Å²) in [4.78, 5) is 0. The minimum absolute atomic E-state index is 1.24. The monoisotopic (exact) mass is 294 g/mol. The number of hydrogen-bond acceptors (Lipinski definition) is 0. The summed E-state index contributed by atoms with van der Waals surface area (Å²) in [6.07, 6.45) is 7.80. The van der Waals surface area contributed by atoms with Crippen LogP contribution in [0.15, 0.2) is 36.4 Å². The van der Waals surface area contributed by atoms with E-state index in [1.807, 2.05) is 0 Å². The fraction of sp³-hybridized carbons (Fsp3) is 0.455. The SMILES string of the molecule is Cc1cccc(C)c1CCCCCCc1c(C)cccc1C. The van der Waals surface area contributed by atoms with Crippen LogP contribution in [0.5, 0.6) is 0 Å². The maximum atomic E-state index is 2.24. The molecule has 0 aliphatic heterocycles. The zero-order valence-electron chi connectivity index (χ0n) is 14.7. The number of rotatable bonds is 7. The van der Waals surface area contributed by atoms with E-state index in [-0.39, 0.29) is 0 Å². The van der Waals surface area contributed by atoms with Crippen LogP contribution in [0.1, 0.15) is 59.1 Å². The highest BCUT2D eigenvalue weighted by Gasteiger charge is 2.03. The van der Waals surface area contributed by atoms with Gasteiger partial charge in [0.15, 0.2) is 0 Å². The van der Waals surface area contributed by atoms with Crippen LogP contribution in [0.4, 0.5) is 0 Å². The van der Waals surface area contributed by atoms with Gasteiger partial charge in [-0.25, -0.2) is 0 Å². The second-order valence-corrected chi connectivity index (χ2v) is 6.65. The summed E-state index contributed by atoms with van der Waals surface area (Å²) in [6.45, 7) is 8.96. The molecule has 0 unspecified atom stereocenters. The fourth-order valence-corrected chi connectivity index (χ4v) is 3.44. The predicted molar refractivity (Wildman–Crippen MR) is 97.7 cm³/mol. The van der Waals surface area contributed by atoms with Crippen molar-refractivity contribution in [2.75, 3.05) is 0 Å². The Hall–Kier alpha value is -1.56. The molecule has 0 heteroatoms. The van der Waals surface area contributed by atoms with Crippen molar-refractivity contribution in [1.29, 1.82) is 0 Å². The quantitative estimate of drug-likeness (QED) is 0.528. The van der Waals surface area contributed by atoms with E-state index in [1.54, 1.807) is 11.1 Å². The van der Waals surface area contributed by atoms with Crippen molar-refractivity contribution < 1.29 is 0 Å². The molecule has 0 bridgehead atoms. The molecule has 0 saturated carbocycles. The van der Waals surface area contributed by atoms with Crippen LogP contribution >= 0.6 is 0 Å². The lowest BCUT2D eigenvalue weighted by Crippen LogP contribution is -1.96. The van der Waals surface area contributed by atoms with E-state index in [2.05, 4.69) is 64.1 Å². The van der Waals surface area contributed by atoms with Gasteiger partial charge in [-0.2, -0.15) is 0 Å². The van der Waals surface area contributed by atoms with E-state index in [9.17, 15) is 0 Å². The van der Waals surface area contributed by atoms with Gasteiger partial charge in [0.25, 0.3) is 0 Å². The van der Waals surface area contributed by atoms with Gasteiger partial charge < -0.3 is 0 Å². The predicted octanol–water partition coefficient (Wildman–Crippen LogP) is 6.27. The highest BCUT2D eigenvalue weighted by molar-refractivity contribution is 5.34. The molecule has 0 aliphatic carbocycles. The van der Waals surface area contributed by atoms with Gasteiger partial charge in [-0.1, -0.05) is 49.2 Å². The van der Waals surface area contributed by atoms with Crippen LogP contribution in [0, 0.1) is 27.7 Å². The van der Waals surface area contributed by atoms with Gasteiger partial charge in [0.2, 0.25) is 0 Å². The molecule has 0 saturated heterocycles. The first-order valence-electron chi connectivity index (χ1n) is 8.70. The average Bonchev–Trinajstić information content (AvgIpc) is 2.47. The molecule has 0 atom stereocenters. The van der Waals surface area contributed by atoms with Crippen LogP contribution < -0.4 is 0 Å². The van der Waals surface area contributed by atoms with E-state index in [4.69, 9.17) is 0 Å². The third kappa shape index (κ3) is 4.47. The summed E-state index contributed by atoms with van der Waals surface area (Å²) in [5, 5.41) is 0. The second-order valence-electron chi connectivity index (χ2n) is 6.65. The van der Waals surface area contributed by atoms with Crippen molar-refractivity contribution >= 4 is 0 Å². The minimum Gasteiger partial charge on any atom is -0.0617 e. The van der Waals surface area contributed by atoms with E-state index in [0.717, 1.165) is 0 Å². The number of aryl methyl sites for hydroxylation is 4. The highest BCUT2D eigenvalue weighted by atomic mass is 14.1. The van der Waals surface area contributed by atoms with Crippen molar-refractivity contribution in [3.8, 4) is 0 Å². The van der Waals surface area contributed by atoms with E-state index in [0.29, 0.717) is 0 Å². The normalized spacial score (nSPS) is 10.9. The Morgan fingerprint density at radius 2 is 0.818 bits per heavy atom. The molecule has 2 aromatic carbocycles. The Balaban J connectivity index is 1.72. The Bertz CT molecular complexity index is 511. The summed E-state index contributed by atoms with van der Waals surface area (Å²) in [6, 6.07) is 13.3. The van der Waals surface area contributed by atoms with Crippen molar-refractivity contribution in [3.05, 3.63) is 69.8 Å². The molecule has 0 N–H and O–H groups in total. The highest BCUT2D eigenvalue weighted by Crippen LogP contribution is 2.19. The van der Waals surface area contributed by atoms with Crippen LogP contribution in [0.2, 0.25) is 0 Å². The number of hydrogen-bond donors (Lipinski definition) is 0. The van der Waals surface area contributed by atoms with E-state index in [1.165, 1.54) is 60.8 Å². The van der Waals surface area contributed by atoms with Gasteiger partial charge in [-0.05, 0) is 86.8 Å². The van der Waals surface area contributed by atoms with Crippen LogP contribution in [-0.4, -0.2) is 0 Å². The van der Waals surface area contributed by atoms with E-state index >= 15 is 0 Å². The summed E-state index contributed by atoms with van der Waals surface area (Å²) in [7, 11) is 0. The fourth-order valence-electron chi connectivity index (χ4n) is 3.44. The molecular formula is C22H30. The molecule has 0 aromatic heterocycles. The Kier molecular flexibility index (Phi) is 6.24. The van der Waals surface area contributed by atoms with Gasteiger partial charge in [-0.3, -0.25) is 0 Å². The third-order valence-electron chi connectivity index (χ3n) is 4.89. The Morgan fingerprint density at radius 1 is 0.500 bits per heavy atom. The summed E-state index contributed by atoms with van der Waals surface area (Å²) in [5.74, 6) is 0. The first-order valence-corrected chi connectivity index (χ1v) is 8.70. The lowest BCUT2D eigenvalue weighted by Gasteiger charge is -2.11. The molecule has 0 spiro atoms. The molecular weight excluding hydrogens is 264 g/mol. The third-order valence-corrected chi connectivity index (χ3v) is 4.89. The Morgan fingerprint density at radius 3 is 1.14 bits per heavy atom. The van der Waals surface area contributed by atoms with Gasteiger partial charge in [0, 0.05) is 0 Å². The molecule has 0 fully saturated rings. The van der Waals surface area contributed by atoms with Crippen molar-refractivity contribution in [2.45, 2.75) is 66.2 Å². The average molecular weight is 294 g/mol. The smallest absolute Gasteiger partial charge is 0.0274 e. The maximum Gasteiger partial charge on any atom is -0.0274 e.